The van der Waals surface area contributed by atoms with E-state index in [9.17, 15) is 9.18 Å². The molecule has 0 saturated carbocycles. The van der Waals surface area contributed by atoms with Crippen molar-refractivity contribution in [2.75, 3.05) is 11.9 Å². The monoisotopic (exact) mass is 391 g/mol. The van der Waals surface area contributed by atoms with Gasteiger partial charge in [-0.05, 0) is 55.3 Å². The van der Waals surface area contributed by atoms with Crippen LogP contribution in [-0.4, -0.2) is 32.7 Å². The zero-order chi connectivity index (χ0) is 19.8. The maximum Gasteiger partial charge on any atom is 0.259 e. The molecule has 3 N–H and O–H groups in total. The molecule has 1 saturated heterocycles. The summed E-state index contributed by atoms with van der Waals surface area (Å²) in [6, 6.07) is 11.4. The second kappa shape index (κ2) is 7.14. The Labute approximate surface area is 165 Å². The van der Waals surface area contributed by atoms with Crippen LogP contribution >= 0.6 is 0 Å². The number of fused-ring (bicyclic) bond motifs is 1. The van der Waals surface area contributed by atoms with Crippen LogP contribution in [0.5, 0.6) is 0 Å². The topological polar surface area (TPSA) is 95.7 Å². The summed E-state index contributed by atoms with van der Waals surface area (Å²) in [5, 5.41) is 9.67. The molecule has 0 aliphatic carbocycles. The van der Waals surface area contributed by atoms with Crippen molar-refractivity contribution < 1.29 is 13.9 Å². The maximum absolute atomic E-state index is 13.2. The second-order valence-corrected chi connectivity index (χ2v) is 6.98. The largest absolute Gasteiger partial charge is 0.370 e. The van der Waals surface area contributed by atoms with Gasteiger partial charge in [0.1, 0.15) is 17.7 Å². The van der Waals surface area contributed by atoms with Gasteiger partial charge in [-0.25, -0.2) is 9.37 Å². The smallest absolute Gasteiger partial charge is 0.259 e. The van der Waals surface area contributed by atoms with Crippen molar-refractivity contribution in [3.05, 3.63) is 65.9 Å². The lowest BCUT2D eigenvalue weighted by Gasteiger charge is -2.06. The van der Waals surface area contributed by atoms with Gasteiger partial charge in [0.15, 0.2) is 0 Å². The van der Waals surface area contributed by atoms with Gasteiger partial charge in [-0.3, -0.25) is 9.89 Å². The van der Waals surface area contributed by atoms with Crippen molar-refractivity contribution in [1.29, 1.82) is 0 Å². The Bertz CT molecular complexity index is 1180. The van der Waals surface area contributed by atoms with Crippen LogP contribution in [-0.2, 0) is 4.74 Å². The van der Waals surface area contributed by atoms with Crippen molar-refractivity contribution in [2.45, 2.75) is 18.9 Å². The van der Waals surface area contributed by atoms with Gasteiger partial charge in [-0.2, -0.15) is 5.10 Å². The van der Waals surface area contributed by atoms with Crippen molar-refractivity contribution in [2.24, 2.45) is 0 Å². The summed E-state index contributed by atoms with van der Waals surface area (Å²) < 4.78 is 18.9. The number of hydrogen-bond acceptors (Lipinski definition) is 4. The number of amides is 1. The van der Waals surface area contributed by atoms with E-state index in [2.05, 4.69) is 25.5 Å². The zero-order valence-electron chi connectivity index (χ0n) is 15.4. The standard InChI is InChI=1S/C21H18FN5O2/c22-13-5-3-12(4-6-13)19-15(11-23-27-19)21(28)24-14-7-8-16-17(10-14)26-20(25-16)18-2-1-9-29-18/h3-8,10-11,18H,1-2,9H2,(H,23,27)(H,24,28)(H,25,26). The molecular weight excluding hydrogens is 373 g/mol. The number of nitrogens with one attached hydrogen (secondary N) is 3. The lowest BCUT2D eigenvalue weighted by molar-refractivity contribution is 0.102. The Morgan fingerprint density at radius 1 is 1.21 bits per heavy atom. The molecule has 146 valence electrons. The van der Waals surface area contributed by atoms with Crippen LogP contribution in [0.2, 0.25) is 0 Å². The molecule has 0 bridgehead atoms. The number of nitrogens with zero attached hydrogens (tertiary/aromatic N) is 2. The second-order valence-electron chi connectivity index (χ2n) is 6.98. The third-order valence-corrected chi connectivity index (χ3v) is 5.01. The van der Waals surface area contributed by atoms with Crippen LogP contribution in [0, 0.1) is 5.82 Å². The molecule has 1 unspecified atom stereocenters. The summed E-state index contributed by atoms with van der Waals surface area (Å²) in [7, 11) is 0. The van der Waals surface area contributed by atoms with Crippen LogP contribution in [0.25, 0.3) is 22.3 Å². The van der Waals surface area contributed by atoms with Crippen LogP contribution < -0.4 is 5.32 Å². The average Bonchev–Trinajstić information content (AvgIpc) is 3.47. The van der Waals surface area contributed by atoms with Gasteiger partial charge < -0.3 is 15.0 Å². The highest BCUT2D eigenvalue weighted by molar-refractivity contribution is 6.08. The molecule has 1 aliphatic heterocycles. The third-order valence-electron chi connectivity index (χ3n) is 5.01. The predicted octanol–water partition coefficient (Wildman–Crippen LogP) is 4.20. The van der Waals surface area contributed by atoms with Crippen LogP contribution in [0.4, 0.5) is 10.1 Å². The molecule has 7 nitrogen and oxygen atoms in total. The zero-order valence-corrected chi connectivity index (χ0v) is 15.4. The van der Waals surface area contributed by atoms with Gasteiger partial charge in [-0.15, -0.1) is 0 Å². The molecule has 2 aromatic carbocycles. The number of aromatic nitrogens is 4. The molecule has 1 aliphatic rings. The number of hydrogen-bond donors (Lipinski definition) is 3. The van der Waals surface area contributed by atoms with Gasteiger partial charge in [-0.1, -0.05) is 0 Å². The number of carbonyl (C=O) groups excluding carboxylic acids is 1. The number of benzene rings is 2. The average molecular weight is 391 g/mol. The Balaban J connectivity index is 1.39. The van der Waals surface area contributed by atoms with Crippen molar-refractivity contribution in [3.8, 4) is 11.3 Å². The number of H-pyrrole nitrogens is 2. The van der Waals surface area contributed by atoms with Crippen molar-refractivity contribution >= 4 is 22.6 Å². The molecule has 5 rings (SSSR count). The summed E-state index contributed by atoms with van der Waals surface area (Å²) in [5.74, 6) is 0.167. The highest BCUT2D eigenvalue weighted by Crippen LogP contribution is 2.29. The molecule has 29 heavy (non-hydrogen) atoms. The Morgan fingerprint density at radius 3 is 2.86 bits per heavy atom. The van der Waals surface area contributed by atoms with Crippen molar-refractivity contribution in [1.82, 2.24) is 20.2 Å². The molecule has 3 heterocycles. The molecule has 8 heteroatoms. The van der Waals surface area contributed by atoms with E-state index in [1.54, 1.807) is 18.2 Å². The molecule has 1 fully saturated rings. The number of rotatable bonds is 4. The Morgan fingerprint density at radius 2 is 2.07 bits per heavy atom. The minimum absolute atomic E-state index is 0.00430. The van der Waals surface area contributed by atoms with Crippen LogP contribution in [0.3, 0.4) is 0 Å². The molecule has 0 radical (unpaired) electrons. The molecular formula is C21H18FN5O2. The van der Waals surface area contributed by atoms with E-state index in [4.69, 9.17) is 4.74 Å². The van der Waals surface area contributed by atoms with E-state index in [0.29, 0.717) is 22.5 Å². The first kappa shape index (κ1) is 17.6. The first-order valence-electron chi connectivity index (χ1n) is 9.39. The number of carbonyl (C=O) groups is 1. The van der Waals surface area contributed by atoms with Gasteiger partial charge in [0.05, 0.1) is 28.5 Å². The number of halogens is 1. The number of aromatic amines is 2. The molecule has 0 spiro atoms. The van der Waals surface area contributed by atoms with Gasteiger partial charge >= 0.3 is 0 Å². The van der Waals surface area contributed by atoms with E-state index < -0.39 is 0 Å². The molecule has 1 amide bonds. The van der Waals surface area contributed by atoms with Crippen LogP contribution in [0.15, 0.2) is 48.7 Å². The van der Waals surface area contributed by atoms with E-state index >= 15 is 0 Å². The highest BCUT2D eigenvalue weighted by Gasteiger charge is 2.21. The third kappa shape index (κ3) is 3.38. The number of imidazole rings is 1. The van der Waals surface area contributed by atoms with E-state index in [0.717, 1.165) is 36.3 Å². The van der Waals surface area contributed by atoms with E-state index in [1.165, 1.54) is 18.3 Å². The molecule has 4 aromatic rings. The van der Waals surface area contributed by atoms with Crippen molar-refractivity contribution in [3.63, 3.8) is 0 Å². The first-order valence-corrected chi connectivity index (χ1v) is 9.39. The Hall–Kier alpha value is -3.52. The summed E-state index contributed by atoms with van der Waals surface area (Å²) >= 11 is 0. The van der Waals surface area contributed by atoms with Gasteiger partial charge in [0.2, 0.25) is 0 Å². The lowest BCUT2D eigenvalue weighted by Crippen LogP contribution is -2.12. The van der Waals surface area contributed by atoms with Gasteiger partial charge in [0.25, 0.3) is 5.91 Å². The SMILES string of the molecule is O=C(Nc1ccc2nc(C3CCCO3)[nH]c2c1)c1cn[nH]c1-c1ccc(F)cc1. The number of anilines is 1. The summed E-state index contributed by atoms with van der Waals surface area (Å²) in [6.07, 6.45) is 3.45. The minimum atomic E-state index is -0.338. The normalized spacial score (nSPS) is 16.4. The van der Waals surface area contributed by atoms with E-state index in [1.807, 2.05) is 12.1 Å². The summed E-state index contributed by atoms with van der Waals surface area (Å²) in [4.78, 5) is 20.7. The fourth-order valence-electron chi connectivity index (χ4n) is 3.55. The Kier molecular flexibility index (Phi) is 4.33. The lowest BCUT2D eigenvalue weighted by atomic mass is 10.1. The van der Waals surface area contributed by atoms with Crippen LogP contribution in [0.1, 0.15) is 35.1 Å². The summed E-state index contributed by atoms with van der Waals surface area (Å²) in [6.45, 7) is 0.754. The molecule has 1 atom stereocenters. The van der Waals surface area contributed by atoms with Gasteiger partial charge in [0, 0.05) is 17.9 Å². The van der Waals surface area contributed by atoms with E-state index in [-0.39, 0.29) is 17.8 Å². The highest BCUT2D eigenvalue weighted by atomic mass is 19.1. The minimum Gasteiger partial charge on any atom is -0.370 e. The number of ether oxygens (including phenoxy) is 1. The molecule has 2 aromatic heterocycles. The summed E-state index contributed by atoms with van der Waals surface area (Å²) in [5.41, 5.74) is 3.88. The fraction of sp³-hybridized carbons (Fsp3) is 0.190. The quantitative estimate of drug-likeness (QED) is 0.486. The first-order chi connectivity index (χ1) is 14.2. The predicted molar refractivity (Wildman–Crippen MR) is 106 cm³/mol. The fourth-order valence-corrected chi connectivity index (χ4v) is 3.55. The maximum atomic E-state index is 13.2.